The van der Waals surface area contributed by atoms with Crippen LogP contribution in [0.3, 0.4) is 0 Å². The molecule has 0 spiro atoms. The number of rotatable bonds is 9. The molecule has 0 heterocycles. The van der Waals surface area contributed by atoms with Crippen LogP contribution in [-0.2, 0) is 51.8 Å². The maximum absolute atomic E-state index is 13.7. The number of hydrogen-bond acceptors (Lipinski definition) is 3. The third-order valence-electron chi connectivity index (χ3n) is 2.89. The van der Waals surface area contributed by atoms with Gasteiger partial charge >= 0.3 is 51.0 Å². The van der Waals surface area contributed by atoms with E-state index in [4.69, 9.17) is 14.0 Å². The summed E-state index contributed by atoms with van der Waals surface area (Å²) in [6.45, 7) is 16.6. The summed E-state index contributed by atoms with van der Waals surface area (Å²) in [5.74, 6) is -0.397. The van der Waals surface area contributed by atoms with Gasteiger partial charge in [-0.15, -0.1) is 0 Å². The molecule has 1 rings (SSSR count). The van der Waals surface area contributed by atoms with Gasteiger partial charge in [0.05, 0.1) is 6.10 Å². The van der Waals surface area contributed by atoms with Gasteiger partial charge in [-0.2, -0.15) is 0 Å². The minimum Gasteiger partial charge on any atom is 2.00 e. The zero-order valence-electron chi connectivity index (χ0n) is 14.1. The van der Waals surface area contributed by atoms with Crippen molar-refractivity contribution >= 4 is 12.3 Å². The summed E-state index contributed by atoms with van der Waals surface area (Å²) in [5.41, 5.74) is 0.815. The summed E-state index contributed by atoms with van der Waals surface area (Å²) in [7, 11) is 0. The van der Waals surface area contributed by atoms with Crippen molar-refractivity contribution in [2.24, 2.45) is 0 Å². The minimum absolute atomic E-state index is 0. The topological polar surface area (TPSA) is 103 Å². The van der Waals surface area contributed by atoms with E-state index in [2.05, 4.69) is 24.7 Å². The van der Waals surface area contributed by atoms with Gasteiger partial charge in [0.2, 0.25) is 0 Å². The first kappa shape index (κ1) is 31.8. The van der Waals surface area contributed by atoms with E-state index in [-0.39, 0.29) is 36.0 Å². The van der Waals surface area contributed by atoms with Crippen molar-refractivity contribution in [2.45, 2.75) is 44.9 Å². The Labute approximate surface area is 163 Å². The zero-order chi connectivity index (χ0) is 20.1. The van der Waals surface area contributed by atoms with Crippen molar-refractivity contribution in [2.75, 3.05) is 0 Å². The standard InChI is InChI=1S/C15H18FO3.3CO.Fe/c1-12(19-11-17)6-5-9-15(18)14(16)10-13-7-3-2-4-8-13;3*1-2;/h2-4,7-8,12,14H,5-6,9-10H2,1H3;;;;/q-1;;;;+2/t12-,14-;;;;/m1..../s1. The predicted octanol–water partition coefficient (Wildman–Crippen LogP) is 2.66. The molecule has 8 heteroatoms. The molecule has 0 saturated carbocycles. The molecule has 0 aliphatic rings. The Morgan fingerprint density at radius 2 is 1.65 bits per heavy atom. The van der Waals surface area contributed by atoms with Gasteiger partial charge in [0, 0.05) is 12.8 Å². The maximum Gasteiger partial charge on any atom is 2.00 e. The molecular formula is C18H18FFeO6+. The third-order valence-corrected chi connectivity index (χ3v) is 2.89. The summed E-state index contributed by atoms with van der Waals surface area (Å²) in [5, 5.41) is 0. The first-order valence-electron chi connectivity index (χ1n) is 6.98. The summed E-state index contributed by atoms with van der Waals surface area (Å²) >= 11 is 0. The molecule has 0 N–H and O–H groups in total. The third kappa shape index (κ3) is 18.4. The van der Waals surface area contributed by atoms with Crippen molar-refractivity contribution in [1.29, 1.82) is 0 Å². The maximum atomic E-state index is 13.7. The number of Topliss-reactive ketones (excluding diaryl/α,β-unsaturated/α-hetero) is 1. The van der Waals surface area contributed by atoms with Crippen LogP contribution in [0, 0.1) is 20.0 Å². The van der Waals surface area contributed by atoms with E-state index in [1.165, 1.54) is 6.47 Å². The van der Waals surface area contributed by atoms with Gasteiger partial charge in [-0.05, 0) is 25.3 Å². The minimum atomic E-state index is -1.46. The van der Waals surface area contributed by atoms with E-state index in [0.717, 1.165) is 5.56 Å². The van der Waals surface area contributed by atoms with Crippen molar-refractivity contribution in [1.82, 2.24) is 0 Å². The molecule has 0 aliphatic carbocycles. The molecule has 0 amide bonds. The van der Waals surface area contributed by atoms with Crippen molar-refractivity contribution < 1.29 is 49.7 Å². The molecule has 1 aromatic rings. The first-order valence-corrected chi connectivity index (χ1v) is 6.98. The Morgan fingerprint density at radius 3 is 2.12 bits per heavy atom. The van der Waals surface area contributed by atoms with Crippen LogP contribution in [-0.4, -0.2) is 24.5 Å². The number of carbonyl (C=O) groups excluding carboxylic acids is 2. The summed E-state index contributed by atoms with van der Waals surface area (Å²) in [4.78, 5) is 21.5. The number of ether oxygens (including phenoxy) is 1. The number of halogens is 1. The van der Waals surface area contributed by atoms with Crippen molar-refractivity contribution in [3.05, 3.63) is 55.8 Å². The smallest absolute Gasteiger partial charge is 2.00 e. The Morgan fingerprint density at radius 1 is 1.15 bits per heavy atom. The molecule has 1 aromatic carbocycles. The van der Waals surface area contributed by atoms with Crippen LogP contribution < -0.4 is 0 Å². The monoisotopic (exact) mass is 405 g/mol. The Bertz CT molecular complexity index is 501. The molecule has 0 radical (unpaired) electrons. The molecule has 26 heavy (non-hydrogen) atoms. The van der Waals surface area contributed by atoms with E-state index in [1.807, 2.05) is 18.2 Å². The normalized spacial score (nSPS) is 10.2. The van der Waals surface area contributed by atoms with Crippen LogP contribution in [0.25, 0.3) is 0 Å². The van der Waals surface area contributed by atoms with Crippen molar-refractivity contribution in [3.63, 3.8) is 0 Å². The molecule has 0 aromatic heterocycles. The van der Waals surface area contributed by atoms with E-state index < -0.39 is 12.0 Å². The quantitative estimate of drug-likeness (QED) is 0.359. The van der Waals surface area contributed by atoms with Crippen LogP contribution in [0.15, 0.2) is 30.3 Å². The predicted molar refractivity (Wildman–Crippen MR) is 81.9 cm³/mol. The second kappa shape index (κ2) is 25.3. The Hall–Kier alpha value is -1.97. The average molecular weight is 405 g/mol. The van der Waals surface area contributed by atoms with Gasteiger partial charge in [0.25, 0.3) is 0 Å². The van der Waals surface area contributed by atoms with E-state index in [0.29, 0.717) is 12.8 Å². The van der Waals surface area contributed by atoms with Gasteiger partial charge in [-0.3, -0.25) is 4.79 Å². The van der Waals surface area contributed by atoms with E-state index in [1.54, 1.807) is 19.1 Å². The number of hydrogen-bond donors (Lipinski definition) is 0. The fraction of sp³-hybridized carbons (Fsp3) is 0.389. The number of ketones is 1. The van der Waals surface area contributed by atoms with Crippen molar-refractivity contribution in [3.8, 4) is 0 Å². The van der Waals surface area contributed by atoms with Gasteiger partial charge in [-0.1, -0.05) is 36.8 Å². The molecule has 2 atom stereocenters. The largest absolute Gasteiger partial charge is 2.00 e. The second-order valence-corrected chi connectivity index (χ2v) is 4.53. The number of carbonyl (C=O) groups is 1. The zero-order valence-corrected chi connectivity index (χ0v) is 15.2. The molecule has 0 unspecified atom stereocenters. The second-order valence-electron chi connectivity index (χ2n) is 4.53. The van der Waals surface area contributed by atoms with E-state index >= 15 is 0 Å². The molecule has 0 aliphatic heterocycles. The molecular weight excluding hydrogens is 387 g/mol. The summed E-state index contributed by atoms with van der Waals surface area (Å²) in [6, 6.07) is 9.10. The molecule has 0 fully saturated rings. The van der Waals surface area contributed by atoms with Crippen LogP contribution in [0.2, 0.25) is 0 Å². The number of benzene rings is 1. The Kier molecular flexibility index (Phi) is 30.9. The molecule has 6 nitrogen and oxygen atoms in total. The first-order chi connectivity index (χ1) is 12.1. The fourth-order valence-electron chi connectivity index (χ4n) is 1.80. The fourth-order valence-corrected chi connectivity index (χ4v) is 1.80. The van der Waals surface area contributed by atoms with E-state index in [9.17, 15) is 14.0 Å². The van der Waals surface area contributed by atoms with Crippen LogP contribution in [0.4, 0.5) is 4.39 Å². The van der Waals surface area contributed by atoms with Crippen LogP contribution in [0.1, 0.15) is 31.7 Å². The van der Waals surface area contributed by atoms with Gasteiger partial charge < -0.3 is 9.53 Å². The summed E-state index contributed by atoms with van der Waals surface area (Å²) in [6.07, 6.45) is -0.404. The van der Waals surface area contributed by atoms with Crippen LogP contribution >= 0.6 is 0 Å². The Balaban J connectivity index is -0.000000312. The number of alkyl halides is 1. The molecule has 0 bridgehead atoms. The average Bonchev–Trinajstić information content (AvgIpc) is 2.67. The van der Waals surface area contributed by atoms with Gasteiger partial charge in [0.1, 0.15) is 0 Å². The summed E-state index contributed by atoms with van der Waals surface area (Å²) < 4.78 is 40.8. The molecule has 140 valence electrons. The SMILES string of the molecule is C[C@H](CCCC(=O)[C@H](F)Cc1ccccc1)O[C-]=O.[C-]#[O+].[C-]#[O+].[C-]#[O+].[Fe+2]. The van der Waals surface area contributed by atoms with Gasteiger partial charge in [-0.25, -0.2) is 4.39 Å². The van der Waals surface area contributed by atoms with Crippen LogP contribution in [0.5, 0.6) is 0 Å². The van der Waals surface area contributed by atoms with Gasteiger partial charge in [0.15, 0.2) is 12.0 Å². The molecule has 0 saturated heterocycles.